The van der Waals surface area contributed by atoms with Crippen LogP contribution in [0.3, 0.4) is 0 Å². The number of aryl methyl sites for hydroxylation is 2. The summed E-state index contributed by atoms with van der Waals surface area (Å²) in [6, 6.07) is 12.9. The molecule has 0 aliphatic rings. The third-order valence-corrected chi connectivity index (χ3v) is 6.16. The summed E-state index contributed by atoms with van der Waals surface area (Å²) in [4.78, 5) is 12.6. The van der Waals surface area contributed by atoms with Crippen molar-refractivity contribution in [1.82, 2.24) is 10.2 Å². The van der Waals surface area contributed by atoms with E-state index >= 15 is 0 Å². The molecule has 1 amide bonds. The number of amides is 1. The zero-order chi connectivity index (χ0) is 25.9. The highest BCUT2D eigenvalue weighted by Crippen LogP contribution is 2.37. The van der Waals surface area contributed by atoms with Crippen LogP contribution in [0.5, 0.6) is 17.2 Å². The van der Waals surface area contributed by atoms with Gasteiger partial charge in [-0.2, -0.15) is 5.26 Å². The van der Waals surface area contributed by atoms with Crippen molar-refractivity contribution in [1.29, 1.82) is 5.26 Å². The lowest BCUT2D eigenvalue weighted by atomic mass is 10.1. The molecule has 0 spiro atoms. The summed E-state index contributed by atoms with van der Waals surface area (Å²) in [6.45, 7) is 4.66. The minimum Gasteiger partial charge on any atom is -0.493 e. The van der Waals surface area contributed by atoms with E-state index in [9.17, 15) is 10.1 Å². The summed E-state index contributed by atoms with van der Waals surface area (Å²) in [5, 5.41) is 21.7. The topological polar surface area (TPSA) is 106 Å². The number of aromatic nitrogens is 2. The number of nitrogens with zero attached hydrogens (tertiary/aromatic N) is 3. The third-order valence-electron chi connectivity index (χ3n) is 4.98. The molecule has 0 atom stereocenters. The van der Waals surface area contributed by atoms with Crippen molar-refractivity contribution in [2.75, 3.05) is 25.6 Å². The van der Waals surface area contributed by atoms with Crippen LogP contribution >= 0.6 is 22.9 Å². The zero-order valence-electron chi connectivity index (χ0n) is 20.3. The van der Waals surface area contributed by atoms with E-state index in [4.69, 9.17) is 25.8 Å². The van der Waals surface area contributed by atoms with Gasteiger partial charge in [0.15, 0.2) is 11.5 Å². The molecule has 1 N–H and O–H groups in total. The Morgan fingerprint density at radius 2 is 1.94 bits per heavy atom. The van der Waals surface area contributed by atoms with Crippen molar-refractivity contribution < 1.29 is 19.0 Å². The number of benzene rings is 2. The number of anilines is 1. The predicted molar refractivity (Wildman–Crippen MR) is 141 cm³/mol. The first-order chi connectivity index (χ1) is 17.4. The molecule has 1 aromatic heterocycles. The van der Waals surface area contributed by atoms with Crippen molar-refractivity contribution in [3.05, 3.63) is 63.1 Å². The minimum absolute atomic E-state index is 0.112. The Morgan fingerprint density at radius 3 is 2.64 bits per heavy atom. The van der Waals surface area contributed by atoms with Gasteiger partial charge >= 0.3 is 0 Å². The molecular formula is C26H27ClN4O4S. The van der Waals surface area contributed by atoms with Gasteiger partial charge in [-0.1, -0.05) is 54.0 Å². The maximum absolute atomic E-state index is 12.6. The van der Waals surface area contributed by atoms with Crippen LogP contribution in [0, 0.1) is 18.3 Å². The van der Waals surface area contributed by atoms with Gasteiger partial charge in [-0.05, 0) is 49.2 Å². The summed E-state index contributed by atoms with van der Waals surface area (Å²) in [7, 11) is 1.48. The highest BCUT2D eigenvalue weighted by atomic mass is 35.5. The number of nitriles is 1. The fourth-order valence-electron chi connectivity index (χ4n) is 3.11. The molecule has 0 aliphatic heterocycles. The molecule has 0 saturated heterocycles. The molecule has 3 rings (SSSR count). The number of rotatable bonds is 12. The van der Waals surface area contributed by atoms with E-state index in [2.05, 4.69) is 22.4 Å². The Hall–Kier alpha value is -3.61. The Balaban J connectivity index is 1.65. The van der Waals surface area contributed by atoms with E-state index in [1.807, 2.05) is 37.3 Å². The lowest BCUT2D eigenvalue weighted by Gasteiger charge is -2.14. The van der Waals surface area contributed by atoms with Crippen LogP contribution in [-0.4, -0.2) is 36.4 Å². The molecule has 3 aromatic rings. The summed E-state index contributed by atoms with van der Waals surface area (Å²) >= 11 is 7.73. The van der Waals surface area contributed by atoms with Crippen molar-refractivity contribution in [2.45, 2.75) is 33.1 Å². The van der Waals surface area contributed by atoms with Gasteiger partial charge in [0.2, 0.25) is 5.13 Å². The molecule has 0 bridgehead atoms. The van der Waals surface area contributed by atoms with E-state index in [1.165, 1.54) is 24.5 Å². The Bertz CT molecular complexity index is 1250. The first-order valence-electron chi connectivity index (χ1n) is 11.4. The number of carbonyl (C=O) groups excluding carboxylic acids is 1. The maximum Gasteiger partial charge on any atom is 0.268 e. The van der Waals surface area contributed by atoms with Crippen LogP contribution in [0.2, 0.25) is 5.02 Å². The number of nitrogens with one attached hydrogen (secondary N) is 1. The number of hydrogen-bond acceptors (Lipinski definition) is 8. The second-order valence-electron chi connectivity index (χ2n) is 7.77. The minimum atomic E-state index is -0.584. The molecular weight excluding hydrogens is 500 g/mol. The maximum atomic E-state index is 12.6. The van der Waals surface area contributed by atoms with Crippen LogP contribution in [0.25, 0.3) is 6.08 Å². The fourth-order valence-corrected chi connectivity index (χ4v) is 4.16. The molecule has 8 nitrogen and oxygen atoms in total. The SMILES string of the molecule is CCCCc1nnc(NC(=O)C(C#N)=Cc2cc(Cl)c(OCCOc3ccc(C)cc3)c(OC)c2)s1. The molecule has 188 valence electrons. The van der Waals surface area contributed by atoms with Crippen molar-refractivity contribution in [3.63, 3.8) is 0 Å². The van der Waals surface area contributed by atoms with Crippen LogP contribution in [0.1, 0.15) is 35.9 Å². The normalized spacial score (nSPS) is 11.0. The van der Waals surface area contributed by atoms with Gasteiger partial charge < -0.3 is 14.2 Å². The molecule has 1 heterocycles. The zero-order valence-corrected chi connectivity index (χ0v) is 21.9. The molecule has 0 unspecified atom stereocenters. The molecule has 0 aliphatic carbocycles. The number of halogens is 1. The van der Waals surface area contributed by atoms with Gasteiger partial charge in [0.1, 0.15) is 35.6 Å². The van der Waals surface area contributed by atoms with Gasteiger partial charge in [0.25, 0.3) is 5.91 Å². The molecule has 2 aromatic carbocycles. The van der Waals surface area contributed by atoms with Crippen LogP contribution in [0.15, 0.2) is 42.0 Å². The molecule has 0 saturated carbocycles. The Labute approximate surface area is 219 Å². The lowest BCUT2D eigenvalue weighted by molar-refractivity contribution is -0.112. The molecule has 36 heavy (non-hydrogen) atoms. The van der Waals surface area contributed by atoms with Crippen LogP contribution < -0.4 is 19.5 Å². The summed E-state index contributed by atoms with van der Waals surface area (Å²) in [6.07, 6.45) is 4.26. The first-order valence-corrected chi connectivity index (χ1v) is 12.6. The number of carbonyl (C=O) groups is 1. The summed E-state index contributed by atoms with van der Waals surface area (Å²) < 4.78 is 16.9. The van der Waals surface area contributed by atoms with Crippen LogP contribution in [-0.2, 0) is 11.2 Å². The molecule has 0 radical (unpaired) electrons. The largest absolute Gasteiger partial charge is 0.493 e. The summed E-state index contributed by atoms with van der Waals surface area (Å²) in [5.41, 5.74) is 1.55. The highest BCUT2D eigenvalue weighted by molar-refractivity contribution is 7.15. The predicted octanol–water partition coefficient (Wildman–Crippen LogP) is 5.85. The van der Waals surface area contributed by atoms with Gasteiger partial charge in [0.05, 0.1) is 12.1 Å². The fraction of sp³-hybridized carbons (Fsp3) is 0.308. The highest BCUT2D eigenvalue weighted by Gasteiger charge is 2.16. The smallest absolute Gasteiger partial charge is 0.268 e. The van der Waals surface area contributed by atoms with E-state index in [0.717, 1.165) is 35.6 Å². The summed E-state index contributed by atoms with van der Waals surface area (Å²) in [5.74, 6) is 0.877. The number of hydrogen-bond donors (Lipinski definition) is 1. The number of unbranched alkanes of at least 4 members (excludes halogenated alkanes) is 1. The second kappa shape index (κ2) is 13.5. The monoisotopic (exact) mass is 526 g/mol. The van der Waals surface area contributed by atoms with Gasteiger partial charge in [-0.25, -0.2) is 0 Å². The van der Waals surface area contributed by atoms with Gasteiger partial charge in [-0.3, -0.25) is 10.1 Å². The number of methoxy groups -OCH3 is 1. The Morgan fingerprint density at radius 1 is 1.19 bits per heavy atom. The molecule has 0 fully saturated rings. The molecule has 10 heteroatoms. The lowest BCUT2D eigenvalue weighted by Crippen LogP contribution is -2.13. The van der Waals surface area contributed by atoms with Crippen molar-refractivity contribution in [2.24, 2.45) is 0 Å². The number of ether oxygens (including phenoxy) is 3. The van der Waals surface area contributed by atoms with Crippen LogP contribution in [0.4, 0.5) is 5.13 Å². The Kier molecular flexibility index (Phi) is 10.1. The quantitative estimate of drug-likeness (QED) is 0.179. The first kappa shape index (κ1) is 27.0. The van der Waals surface area contributed by atoms with Gasteiger partial charge in [-0.15, -0.1) is 10.2 Å². The van der Waals surface area contributed by atoms with E-state index < -0.39 is 5.91 Å². The van der Waals surface area contributed by atoms with Crippen molar-refractivity contribution in [3.8, 4) is 23.3 Å². The standard InChI is InChI=1S/C26H27ClN4O4S/c1-4-5-6-23-30-31-26(36-23)29-25(32)19(16-28)13-18-14-21(27)24(22(15-18)33-3)35-12-11-34-20-9-7-17(2)8-10-20/h7-10,13-15H,4-6,11-12H2,1-3H3,(H,29,31,32). The second-order valence-corrected chi connectivity index (χ2v) is 9.24. The average Bonchev–Trinajstić information content (AvgIpc) is 3.32. The van der Waals surface area contributed by atoms with Gasteiger partial charge in [0, 0.05) is 6.42 Å². The average molecular weight is 527 g/mol. The van der Waals surface area contributed by atoms with Crippen molar-refractivity contribution >= 4 is 40.1 Å². The van der Waals surface area contributed by atoms with E-state index in [0.29, 0.717) is 28.8 Å². The van der Waals surface area contributed by atoms with E-state index in [1.54, 1.807) is 12.1 Å². The third kappa shape index (κ3) is 7.70. The van der Waals surface area contributed by atoms with E-state index in [-0.39, 0.29) is 17.2 Å².